The van der Waals surface area contributed by atoms with Gasteiger partial charge in [-0.15, -0.1) is 0 Å². The minimum atomic E-state index is -4.24. The van der Waals surface area contributed by atoms with Gasteiger partial charge in [-0.3, -0.25) is 0 Å². The van der Waals surface area contributed by atoms with Crippen molar-refractivity contribution in [2.45, 2.75) is 44.4 Å². The summed E-state index contributed by atoms with van der Waals surface area (Å²) in [6.07, 6.45) is 0. The zero-order valence-electron chi connectivity index (χ0n) is 17.5. The van der Waals surface area contributed by atoms with Crippen LogP contribution in [0.25, 0.3) is 0 Å². The van der Waals surface area contributed by atoms with E-state index < -0.39 is 41.1 Å². The summed E-state index contributed by atoms with van der Waals surface area (Å²) in [4.78, 5) is -0.426. The summed E-state index contributed by atoms with van der Waals surface area (Å²) in [5.41, 5.74) is 2.34. The normalized spacial score (nSPS) is 12.1. The Hall–Kier alpha value is -1.77. The number of benzene rings is 3. The van der Waals surface area contributed by atoms with E-state index in [-0.39, 0.29) is 0 Å². The highest BCUT2D eigenvalue weighted by molar-refractivity contribution is 7.86. The van der Waals surface area contributed by atoms with E-state index in [9.17, 15) is 12.8 Å². The lowest BCUT2D eigenvalue weighted by molar-refractivity contribution is -1.03. The van der Waals surface area contributed by atoms with Crippen molar-refractivity contribution < 1.29 is 35.6 Å². The van der Waals surface area contributed by atoms with Gasteiger partial charge in [-0.1, -0.05) is 64.1 Å². The molecule has 0 heterocycles. The molecule has 0 aliphatic heterocycles. The number of rotatable bonds is 7. The van der Waals surface area contributed by atoms with Crippen LogP contribution >= 0.6 is 0 Å². The van der Waals surface area contributed by atoms with Crippen LogP contribution < -0.4 is 20.2 Å². The molecule has 159 valence electrons. The lowest BCUT2D eigenvalue weighted by Crippen LogP contribution is -3.85. The lowest BCUT2D eigenvalue weighted by Gasteiger charge is -2.10. The van der Waals surface area contributed by atoms with Crippen molar-refractivity contribution in [1.82, 2.24) is 0 Å². The highest BCUT2D eigenvalue weighted by atomic mass is 127. The van der Waals surface area contributed by atoms with Crippen molar-refractivity contribution in [3.8, 4) is 0 Å². The highest BCUT2D eigenvalue weighted by Crippen LogP contribution is 2.16. The molecule has 0 spiro atoms. The summed E-state index contributed by atoms with van der Waals surface area (Å²) < 4.78 is 47.5. The minimum absolute atomic E-state index is 0.370. The van der Waals surface area contributed by atoms with E-state index in [2.05, 4.69) is 27.7 Å². The van der Waals surface area contributed by atoms with Gasteiger partial charge >= 0.3 is 30.4 Å². The second-order valence-electron chi connectivity index (χ2n) is 7.61. The van der Waals surface area contributed by atoms with Gasteiger partial charge in [-0.2, -0.15) is 8.42 Å². The molecule has 6 heteroatoms. The quantitative estimate of drug-likeness (QED) is 0.433. The maximum atomic E-state index is 14.2. The van der Waals surface area contributed by atoms with Gasteiger partial charge in [-0.25, -0.2) is 4.39 Å². The molecule has 0 aliphatic carbocycles. The van der Waals surface area contributed by atoms with Crippen LogP contribution in [0.15, 0.2) is 77.7 Å². The van der Waals surface area contributed by atoms with Gasteiger partial charge in [0.2, 0.25) is 0 Å². The fourth-order valence-electron chi connectivity index (χ4n) is 2.89. The van der Waals surface area contributed by atoms with E-state index in [1.54, 1.807) is 0 Å². The Bertz CT molecular complexity index is 1040. The average Bonchev–Trinajstić information content (AvgIpc) is 2.72. The molecule has 30 heavy (non-hydrogen) atoms. The number of halogens is 2. The van der Waals surface area contributed by atoms with Crippen molar-refractivity contribution in [3.05, 3.63) is 96.9 Å². The molecule has 0 saturated heterocycles. The van der Waals surface area contributed by atoms with Gasteiger partial charge in [-0.05, 0) is 61.9 Å². The fourth-order valence-corrected chi connectivity index (χ4v) is 9.81. The summed E-state index contributed by atoms with van der Waals surface area (Å²) >= 11 is -2.85. The van der Waals surface area contributed by atoms with Crippen molar-refractivity contribution in [2.24, 2.45) is 0 Å². The first-order chi connectivity index (χ1) is 14.2. The standard InChI is InChI=1S/C24H26FIO3S/c1-17(2)19-9-13-21(14-10-19)26(22-15-11-20(12-16-22)18(3)4)29-30(27,28)24-8-6-5-7-23(24)25/h5-18H,1-4H3/q+1. The van der Waals surface area contributed by atoms with E-state index in [1.807, 2.05) is 48.5 Å². The van der Waals surface area contributed by atoms with Crippen LogP contribution in [0.3, 0.4) is 0 Å². The molecule has 0 fully saturated rings. The third-order valence-corrected chi connectivity index (χ3v) is 12.1. The van der Waals surface area contributed by atoms with Crippen LogP contribution in [-0.2, 0) is 12.6 Å². The smallest absolute Gasteiger partial charge is 0.205 e. The molecule has 3 aromatic carbocycles. The Morgan fingerprint density at radius 2 is 1.17 bits per heavy atom. The minimum Gasteiger partial charge on any atom is -0.205 e. The predicted octanol–water partition coefficient (Wildman–Crippen LogP) is 3.06. The topological polar surface area (TPSA) is 43.4 Å². The molecule has 0 aromatic heterocycles. The molecule has 0 N–H and O–H groups in total. The number of hydrogen-bond acceptors (Lipinski definition) is 3. The molecule has 3 nitrogen and oxygen atoms in total. The summed E-state index contributed by atoms with van der Waals surface area (Å²) in [6, 6.07) is 21.1. The van der Waals surface area contributed by atoms with Crippen molar-refractivity contribution in [2.75, 3.05) is 0 Å². The highest BCUT2D eigenvalue weighted by Gasteiger charge is 2.38. The Morgan fingerprint density at radius 3 is 1.57 bits per heavy atom. The van der Waals surface area contributed by atoms with Crippen LogP contribution in [0.1, 0.15) is 50.7 Å². The van der Waals surface area contributed by atoms with E-state index >= 15 is 0 Å². The van der Waals surface area contributed by atoms with Gasteiger partial charge in [0.1, 0.15) is 10.7 Å². The Kier molecular flexibility index (Phi) is 7.31. The Morgan fingerprint density at radius 1 is 0.733 bits per heavy atom. The molecule has 3 rings (SSSR count). The molecule has 0 unspecified atom stereocenters. The van der Waals surface area contributed by atoms with Gasteiger partial charge < -0.3 is 0 Å². The zero-order chi connectivity index (χ0) is 21.9. The molecule has 1 radical (unpaired) electrons. The first-order valence-corrected chi connectivity index (χ1v) is 14.2. The van der Waals surface area contributed by atoms with Crippen LogP contribution in [0.4, 0.5) is 4.39 Å². The van der Waals surface area contributed by atoms with Crippen LogP contribution in [-0.4, -0.2) is 8.42 Å². The Balaban J connectivity index is 2.04. The maximum Gasteiger partial charge on any atom is 0.339 e. The summed E-state index contributed by atoms with van der Waals surface area (Å²) in [6.45, 7) is 8.43. The maximum absolute atomic E-state index is 14.2. The molecule has 3 aromatic rings. The third-order valence-electron chi connectivity index (χ3n) is 4.72. The van der Waals surface area contributed by atoms with Crippen LogP contribution in [0.5, 0.6) is 0 Å². The van der Waals surface area contributed by atoms with Gasteiger partial charge in [0.15, 0.2) is 7.14 Å². The SMILES string of the molecule is CC(C)c1ccc([I+](OS(=O)(=O)c2ccccc2F)c2ccc(C(C)C)cc2)cc1. The molecule has 0 amide bonds. The van der Waals surface area contributed by atoms with E-state index in [0.29, 0.717) is 11.8 Å². The monoisotopic (exact) mass is 540 g/mol. The molecular weight excluding hydrogens is 514 g/mol. The molecule has 0 bridgehead atoms. The van der Waals surface area contributed by atoms with Crippen molar-refractivity contribution in [3.63, 3.8) is 0 Å². The van der Waals surface area contributed by atoms with Gasteiger partial charge in [0.05, 0.1) is 0 Å². The van der Waals surface area contributed by atoms with E-state index in [4.69, 9.17) is 2.51 Å². The molecular formula is C24H26FIO3S+. The number of hydrogen-bond donors (Lipinski definition) is 0. The van der Waals surface area contributed by atoms with Crippen LogP contribution in [0.2, 0.25) is 0 Å². The fraction of sp³-hybridized carbons (Fsp3) is 0.250. The largest absolute Gasteiger partial charge is 0.339 e. The Labute approximate surface area is 186 Å². The average molecular weight is 540 g/mol. The zero-order valence-corrected chi connectivity index (χ0v) is 20.4. The predicted molar refractivity (Wildman–Crippen MR) is 113 cm³/mol. The van der Waals surface area contributed by atoms with Crippen molar-refractivity contribution in [1.29, 1.82) is 0 Å². The third kappa shape index (κ3) is 5.28. The summed E-state index contributed by atoms with van der Waals surface area (Å²) in [5.74, 6) is -0.0667. The first kappa shape index (κ1) is 22.9. The van der Waals surface area contributed by atoms with Gasteiger partial charge in [0, 0.05) is 0 Å². The van der Waals surface area contributed by atoms with E-state index in [0.717, 1.165) is 13.2 Å². The summed E-state index contributed by atoms with van der Waals surface area (Å²) in [5, 5.41) is 0. The second-order valence-corrected chi connectivity index (χ2v) is 14.1. The van der Waals surface area contributed by atoms with E-state index in [1.165, 1.54) is 29.3 Å². The lowest BCUT2D eigenvalue weighted by atomic mass is 10.0. The van der Waals surface area contributed by atoms with Crippen LogP contribution in [0, 0.1) is 13.0 Å². The first-order valence-electron chi connectivity index (χ1n) is 9.78. The molecule has 0 aliphatic rings. The molecule has 0 atom stereocenters. The van der Waals surface area contributed by atoms with Gasteiger partial charge in [0.25, 0.3) is 0 Å². The second kappa shape index (κ2) is 9.58. The summed E-state index contributed by atoms with van der Waals surface area (Å²) in [7, 11) is -4.24. The van der Waals surface area contributed by atoms with Crippen molar-refractivity contribution >= 4 is 10.1 Å². The molecule has 0 saturated carbocycles.